The van der Waals surface area contributed by atoms with E-state index in [1.807, 2.05) is 0 Å². The summed E-state index contributed by atoms with van der Waals surface area (Å²) in [5.74, 6) is -0.774. The molecular formula is C17H24N4O4. The van der Waals surface area contributed by atoms with E-state index in [-0.39, 0.29) is 23.7 Å². The van der Waals surface area contributed by atoms with Crippen LogP contribution in [-0.4, -0.2) is 54.4 Å². The Bertz CT molecular complexity index is 614. The molecule has 1 heterocycles. The number of nitro groups is 1. The molecule has 2 rings (SSSR count). The number of amides is 2. The van der Waals surface area contributed by atoms with Crippen molar-refractivity contribution in [2.75, 3.05) is 32.7 Å². The number of likely N-dealkylation sites (tertiary alicyclic amines) is 1. The Morgan fingerprint density at radius 1 is 1.16 bits per heavy atom. The lowest BCUT2D eigenvalue weighted by Crippen LogP contribution is -2.38. The standard InChI is InChI=1S/C17H24N4O4/c22-16(18-8-5-11-20-9-2-1-3-10-20)13-19-17(23)14-6-4-7-15(12-14)21(24)25/h4,6-7,12H,1-3,5,8-11,13H2,(H,18,22)(H,19,23). The van der Waals surface area contributed by atoms with Crippen LogP contribution >= 0.6 is 0 Å². The van der Waals surface area contributed by atoms with Crippen LogP contribution in [0.15, 0.2) is 24.3 Å². The number of hydrogen-bond acceptors (Lipinski definition) is 5. The van der Waals surface area contributed by atoms with Crippen LogP contribution in [0.5, 0.6) is 0 Å². The highest BCUT2D eigenvalue weighted by atomic mass is 16.6. The highest BCUT2D eigenvalue weighted by Crippen LogP contribution is 2.12. The Hall–Kier alpha value is -2.48. The van der Waals surface area contributed by atoms with Gasteiger partial charge in [-0.2, -0.15) is 0 Å². The number of non-ortho nitro benzene ring substituents is 1. The first kappa shape index (κ1) is 18.9. The van der Waals surface area contributed by atoms with Crippen LogP contribution in [0.2, 0.25) is 0 Å². The van der Waals surface area contributed by atoms with Gasteiger partial charge in [-0.1, -0.05) is 12.5 Å². The van der Waals surface area contributed by atoms with Gasteiger partial charge in [-0.05, 0) is 45.0 Å². The van der Waals surface area contributed by atoms with Crippen molar-refractivity contribution in [1.29, 1.82) is 0 Å². The second-order valence-corrected chi connectivity index (χ2v) is 6.10. The highest BCUT2D eigenvalue weighted by Gasteiger charge is 2.13. The molecule has 1 aromatic rings. The van der Waals surface area contributed by atoms with Gasteiger partial charge in [0.1, 0.15) is 0 Å². The SMILES string of the molecule is O=C(CNC(=O)c1cccc([N+](=O)[O-])c1)NCCCN1CCCCC1. The van der Waals surface area contributed by atoms with E-state index in [0.717, 1.165) is 26.1 Å². The summed E-state index contributed by atoms with van der Waals surface area (Å²) >= 11 is 0. The van der Waals surface area contributed by atoms with Crippen molar-refractivity contribution >= 4 is 17.5 Å². The summed E-state index contributed by atoms with van der Waals surface area (Å²) in [7, 11) is 0. The second-order valence-electron chi connectivity index (χ2n) is 6.10. The van der Waals surface area contributed by atoms with Crippen LogP contribution in [0.3, 0.4) is 0 Å². The van der Waals surface area contributed by atoms with Crippen LogP contribution in [0.1, 0.15) is 36.0 Å². The molecule has 0 spiro atoms. The molecule has 1 aromatic carbocycles. The Morgan fingerprint density at radius 2 is 1.92 bits per heavy atom. The second kappa shape index (κ2) is 9.73. The summed E-state index contributed by atoms with van der Waals surface area (Å²) in [5, 5.41) is 16.0. The van der Waals surface area contributed by atoms with E-state index >= 15 is 0 Å². The molecule has 1 aliphatic heterocycles. The van der Waals surface area contributed by atoms with Gasteiger partial charge in [0.2, 0.25) is 5.91 Å². The first-order chi connectivity index (χ1) is 12.1. The number of nitrogens with one attached hydrogen (secondary N) is 2. The molecule has 1 saturated heterocycles. The van der Waals surface area contributed by atoms with E-state index < -0.39 is 10.8 Å². The van der Waals surface area contributed by atoms with E-state index in [0.29, 0.717) is 6.54 Å². The molecule has 1 fully saturated rings. The number of rotatable bonds is 8. The zero-order valence-electron chi connectivity index (χ0n) is 14.2. The summed E-state index contributed by atoms with van der Waals surface area (Å²) in [6.45, 7) is 3.66. The lowest BCUT2D eigenvalue weighted by atomic mass is 10.1. The number of nitro benzene ring substituents is 1. The minimum Gasteiger partial charge on any atom is -0.355 e. The fraction of sp³-hybridized carbons (Fsp3) is 0.529. The number of piperidine rings is 1. The van der Waals surface area contributed by atoms with Crippen molar-refractivity contribution in [3.8, 4) is 0 Å². The van der Waals surface area contributed by atoms with Crippen LogP contribution in [0, 0.1) is 10.1 Å². The quantitative estimate of drug-likeness (QED) is 0.419. The van der Waals surface area contributed by atoms with Crippen molar-refractivity contribution in [2.24, 2.45) is 0 Å². The molecule has 25 heavy (non-hydrogen) atoms. The van der Waals surface area contributed by atoms with Gasteiger partial charge in [-0.25, -0.2) is 0 Å². The van der Waals surface area contributed by atoms with Crippen molar-refractivity contribution < 1.29 is 14.5 Å². The Labute approximate surface area is 146 Å². The lowest BCUT2D eigenvalue weighted by Gasteiger charge is -2.26. The fourth-order valence-corrected chi connectivity index (χ4v) is 2.80. The zero-order valence-corrected chi connectivity index (χ0v) is 14.2. The Kier molecular flexibility index (Phi) is 7.34. The van der Waals surface area contributed by atoms with E-state index in [1.54, 1.807) is 0 Å². The van der Waals surface area contributed by atoms with E-state index in [1.165, 1.54) is 43.5 Å². The summed E-state index contributed by atoms with van der Waals surface area (Å²) in [5.41, 5.74) is 0.00177. The van der Waals surface area contributed by atoms with Gasteiger partial charge in [-0.15, -0.1) is 0 Å². The predicted octanol–water partition coefficient (Wildman–Crippen LogP) is 1.32. The molecule has 2 N–H and O–H groups in total. The normalized spacial score (nSPS) is 14.7. The van der Waals surface area contributed by atoms with Crippen LogP contribution in [0.4, 0.5) is 5.69 Å². The molecule has 0 unspecified atom stereocenters. The monoisotopic (exact) mass is 348 g/mol. The molecular weight excluding hydrogens is 324 g/mol. The predicted molar refractivity (Wildman–Crippen MR) is 93.3 cm³/mol. The van der Waals surface area contributed by atoms with Crippen molar-refractivity contribution in [3.63, 3.8) is 0 Å². The molecule has 136 valence electrons. The molecule has 2 amide bonds. The van der Waals surface area contributed by atoms with Gasteiger partial charge >= 0.3 is 0 Å². The lowest BCUT2D eigenvalue weighted by molar-refractivity contribution is -0.384. The van der Waals surface area contributed by atoms with Gasteiger partial charge in [0.05, 0.1) is 11.5 Å². The van der Waals surface area contributed by atoms with E-state index in [4.69, 9.17) is 0 Å². The van der Waals surface area contributed by atoms with Crippen molar-refractivity contribution in [1.82, 2.24) is 15.5 Å². The average Bonchev–Trinajstić information content (AvgIpc) is 2.64. The first-order valence-corrected chi connectivity index (χ1v) is 8.58. The Balaban J connectivity index is 1.64. The van der Waals surface area contributed by atoms with Crippen LogP contribution in [-0.2, 0) is 4.79 Å². The van der Waals surface area contributed by atoms with Gasteiger partial charge in [0, 0.05) is 24.2 Å². The van der Waals surface area contributed by atoms with Crippen molar-refractivity contribution in [3.05, 3.63) is 39.9 Å². The molecule has 0 aliphatic carbocycles. The number of hydrogen-bond donors (Lipinski definition) is 2. The maximum absolute atomic E-state index is 11.9. The number of carbonyl (C=O) groups is 2. The molecule has 0 aromatic heterocycles. The summed E-state index contributed by atoms with van der Waals surface area (Å²) < 4.78 is 0. The number of benzene rings is 1. The Morgan fingerprint density at radius 3 is 2.64 bits per heavy atom. The minimum atomic E-state index is -0.564. The third-order valence-corrected chi connectivity index (χ3v) is 4.15. The molecule has 0 radical (unpaired) electrons. The topological polar surface area (TPSA) is 105 Å². The number of carbonyl (C=O) groups excluding carboxylic acids is 2. The van der Waals surface area contributed by atoms with Crippen LogP contribution in [0.25, 0.3) is 0 Å². The molecule has 0 atom stereocenters. The number of nitrogens with zero attached hydrogens (tertiary/aromatic N) is 2. The first-order valence-electron chi connectivity index (χ1n) is 8.58. The summed E-state index contributed by atoms with van der Waals surface area (Å²) in [4.78, 5) is 36.2. The molecule has 8 heteroatoms. The van der Waals surface area contributed by atoms with Gasteiger partial charge in [0.15, 0.2) is 0 Å². The minimum absolute atomic E-state index is 0.148. The summed E-state index contributed by atoms with van der Waals surface area (Å²) in [6, 6.07) is 5.41. The van der Waals surface area contributed by atoms with E-state index in [2.05, 4.69) is 15.5 Å². The smallest absolute Gasteiger partial charge is 0.270 e. The van der Waals surface area contributed by atoms with Crippen molar-refractivity contribution in [2.45, 2.75) is 25.7 Å². The average molecular weight is 348 g/mol. The highest BCUT2D eigenvalue weighted by molar-refractivity contribution is 5.96. The van der Waals surface area contributed by atoms with Gasteiger partial charge in [-0.3, -0.25) is 19.7 Å². The third-order valence-electron chi connectivity index (χ3n) is 4.15. The van der Waals surface area contributed by atoms with Crippen LogP contribution < -0.4 is 10.6 Å². The molecule has 1 aliphatic rings. The molecule has 8 nitrogen and oxygen atoms in total. The molecule has 0 bridgehead atoms. The zero-order chi connectivity index (χ0) is 18.1. The summed E-state index contributed by atoms with van der Waals surface area (Å²) in [6.07, 6.45) is 4.67. The largest absolute Gasteiger partial charge is 0.355 e. The fourth-order valence-electron chi connectivity index (χ4n) is 2.80. The van der Waals surface area contributed by atoms with E-state index in [9.17, 15) is 19.7 Å². The van der Waals surface area contributed by atoms with Gasteiger partial charge < -0.3 is 15.5 Å². The molecule has 0 saturated carbocycles. The van der Waals surface area contributed by atoms with Gasteiger partial charge in [0.25, 0.3) is 11.6 Å². The maximum atomic E-state index is 11.9. The maximum Gasteiger partial charge on any atom is 0.270 e. The third kappa shape index (κ3) is 6.50.